The van der Waals surface area contributed by atoms with Crippen LogP contribution in [0.15, 0.2) is 24.3 Å². The van der Waals surface area contributed by atoms with Crippen LogP contribution in [0, 0.1) is 0 Å². The average molecular weight is 217 g/mol. The summed E-state index contributed by atoms with van der Waals surface area (Å²) in [4.78, 5) is 2.44. The standard InChI is InChI=1S/C14H19NO/c16-14-9-3-8-13(14)15-10-4-6-11-5-1-2-7-12(11)15/h1-2,5,7,13-14,16H,3-4,6,8-10H2. The van der Waals surface area contributed by atoms with Gasteiger partial charge in [0.05, 0.1) is 12.1 Å². The summed E-state index contributed by atoms with van der Waals surface area (Å²) in [6, 6.07) is 9.02. The van der Waals surface area contributed by atoms with E-state index in [1.54, 1.807) is 0 Å². The Morgan fingerprint density at radius 2 is 2.00 bits per heavy atom. The molecule has 16 heavy (non-hydrogen) atoms. The van der Waals surface area contributed by atoms with Gasteiger partial charge in [-0.05, 0) is 43.7 Å². The van der Waals surface area contributed by atoms with Crippen molar-refractivity contribution in [1.82, 2.24) is 0 Å². The van der Waals surface area contributed by atoms with Gasteiger partial charge in [0.25, 0.3) is 0 Å². The number of hydrogen-bond acceptors (Lipinski definition) is 2. The van der Waals surface area contributed by atoms with Crippen molar-refractivity contribution in [2.75, 3.05) is 11.4 Å². The van der Waals surface area contributed by atoms with E-state index < -0.39 is 0 Å². The second kappa shape index (κ2) is 4.10. The molecule has 2 atom stereocenters. The zero-order valence-electron chi connectivity index (χ0n) is 9.60. The van der Waals surface area contributed by atoms with Crippen LogP contribution in [0.1, 0.15) is 31.2 Å². The van der Waals surface area contributed by atoms with Gasteiger partial charge in [-0.2, -0.15) is 0 Å². The number of hydrogen-bond donors (Lipinski definition) is 1. The fraction of sp³-hybridized carbons (Fsp3) is 0.571. The summed E-state index contributed by atoms with van der Waals surface area (Å²) in [7, 11) is 0. The molecule has 1 heterocycles. The highest BCUT2D eigenvalue weighted by molar-refractivity contribution is 5.56. The molecule has 0 aromatic heterocycles. The molecule has 1 fully saturated rings. The van der Waals surface area contributed by atoms with Crippen LogP contribution in [0.2, 0.25) is 0 Å². The number of fused-ring (bicyclic) bond motifs is 1. The topological polar surface area (TPSA) is 23.5 Å². The molecule has 1 N–H and O–H groups in total. The third kappa shape index (κ3) is 1.61. The van der Waals surface area contributed by atoms with Gasteiger partial charge < -0.3 is 10.0 Å². The SMILES string of the molecule is OC1CCCC1N1CCCc2ccccc21. The molecule has 0 amide bonds. The van der Waals surface area contributed by atoms with Crippen molar-refractivity contribution in [3.05, 3.63) is 29.8 Å². The minimum atomic E-state index is -0.119. The molecule has 2 unspecified atom stereocenters. The van der Waals surface area contributed by atoms with Crippen molar-refractivity contribution < 1.29 is 5.11 Å². The monoisotopic (exact) mass is 217 g/mol. The first-order chi connectivity index (χ1) is 7.86. The molecule has 2 heteroatoms. The maximum Gasteiger partial charge on any atom is 0.0743 e. The molecular weight excluding hydrogens is 198 g/mol. The van der Waals surface area contributed by atoms with Gasteiger partial charge >= 0.3 is 0 Å². The Labute approximate surface area is 96.9 Å². The van der Waals surface area contributed by atoms with Crippen molar-refractivity contribution in [3.63, 3.8) is 0 Å². The van der Waals surface area contributed by atoms with E-state index in [0.29, 0.717) is 6.04 Å². The molecule has 1 aliphatic carbocycles. The van der Waals surface area contributed by atoms with Crippen molar-refractivity contribution in [2.45, 2.75) is 44.2 Å². The van der Waals surface area contributed by atoms with Gasteiger partial charge in [0.1, 0.15) is 0 Å². The highest BCUT2D eigenvalue weighted by atomic mass is 16.3. The normalized spacial score (nSPS) is 29.2. The third-order valence-corrected chi connectivity index (χ3v) is 3.99. The smallest absolute Gasteiger partial charge is 0.0743 e. The molecule has 1 aromatic rings. The third-order valence-electron chi connectivity index (χ3n) is 3.99. The quantitative estimate of drug-likeness (QED) is 0.780. The Kier molecular flexibility index (Phi) is 2.60. The summed E-state index contributed by atoms with van der Waals surface area (Å²) in [6.07, 6.45) is 5.59. The molecular formula is C14H19NO. The van der Waals surface area contributed by atoms with Crippen LogP contribution in [0.3, 0.4) is 0 Å². The van der Waals surface area contributed by atoms with Gasteiger partial charge in [-0.25, -0.2) is 0 Å². The van der Waals surface area contributed by atoms with Crippen LogP contribution < -0.4 is 4.90 Å². The largest absolute Gasteiger partial charge is 0.391 e. The zero-order chi connectivity index (χ0) is 11.0. The predicted molar refractivity (Wildman–Crippen MR) is 65.8 cm³/mol. The molecule has 1 aromatic carbocycles. The van der Waals surface area contributed by atoms with Crippen LogP contribution in [-0.2, 0) is 6.42 Å². The molecule has 1 aliphatic heterocycles. The first-order valence-electron chi connectivity index (χ1n) is 6.39. The number of aliphatic hydroxyl groups is 1. The lowest BCUT2D eigenvalue weighted by atomic mass is 9.99. The number of benzene rings is 1. The summed E-state index contributed by atoms with van der Waals surface area (Å²) in [5, 5.41) is 10.0. The number of para-hydroxylation sites is 1. The summed E-state index contributed by atoms with van der Waals surface area (Å²) in [5.41, 5.74) is 2.81. The van der Waals surface area contributed by atoms with Crippen molar-refractivity contribution in [2.24, 2.45) is 0 Å². The molecule has 0 saturated heterocycles. The molecule has 2 aliphatic rings. The first kappa shape index (κ1) is 10.2. The van der Waals surface area contributed by atoms with Crippen LogP contribution in [-0.4, -0.2) is 23.8 Å². The van der Waals surface area contributed by atoms with Crippen molar-refractivity contribution >= 4 is 5.69 Å². The van der Waals surface area contributed by atoms with Gasteiger partial charge in [-0.1, -0.05) is 18.2 Å². The number of aryl methyl sites for hydroxylation is 1. The van der Waals surface area contributed by atoms with E-state index in [1.807, 2.05) is 0 Å². The average Bonchev–Trinajstić information content (AvgIpc) is 2.75. The Morgan fingerprint density at radius 1 is 1.12 bits per heavy atom. The summed E-state index contributed by atoms with van der Waals surface area (Å²) < 4.78 is 0. The lowest BCUT2D eigenvalue weighted by molar-refractivity contribution is 0.160. The van der Waals surface area contributed by atoms with Gasteiger partial charge in [0, 0.05) is 12.2 Å². The van der Waals surface area contributed by atoms with Gasteiger partial charge in [-0.15, -0.1) is 0 Å². The predicted octanol–water partition coefficient (Wildman–Crippen LogP) is 2.35. The Hall–Kier alpha value is -1.02. The highest BCUT2D eigenvalue weighted by Crippen LogP contribution is 2.34. The summed E-state index contributed by atoms with van der Waals surface area (Å²) in [5.74, 6) is 0. The number of nitrogens with zero attached hydrogens (tertiary/aromatic N) is 1. The maximum absolute atomic E-state index is 10.0. The van der Waals surface area contributed by atoms with Crippen molar-refractivity contribution in [1.29, 1.82) is 0 Å². The van der Waals surface area contributed by atoms with E-state index in [1.165, 1.54) is 30.5 Å². The molecule has 0 radical (unpaired) electrons. The van der Waals surface area contributed by atoms with Gasteiger partial charge in [-0.3, -0.25) is 0 Å². The lowest BCUT2D eigenvalue weighted by Gasteiger charge is -2.37. The van der Waals surface area contributed by atoms with Crippen LogP contribution in [0.25, 0.3) is 0 Å². The lowest BCUT2D eigenvalue weighted by Crippen LogP contribution is -2.43. The molecule has 3 rings (SSSR count). The van der Waals surface area contributed by atoms with E-state index in [2.05, 4.69) is 29.2 Å². The summed E-state index contributed by atoms with van der Waals surface area (Å²) in [6.45, 7) is 1.11. The zero-order valence-corrected chi connectivity index (χ0v) is 9.60. The Balaban J connectivity index is 1.92. The second-order valence-corrected chi connectivity index (χ2v) is 4.99. The number of aliphatic hydroxyl groups excluding tert-OH is 1. The first-order valence-corrected chi connectivity index (χ1v) is 6.39. The van der Waals surface area contributed by atoms with Gasteiger partial charge in [0.15, 0.2) is 0 Å². The van der Waals surface area contributed by atoms with E-state index >= 15 is 0 Å². The Morgan fingerprint density at radius 3 is 2.81 bits per heavy atom. The van der Waals surface area contributed by atoms with Gasteiger partial charge in [0.2, 0.25) is 0 Å². The fourth-order valence-corrected chi connectivity index (χ4v) is 3.19. The minimum absolute atomic E-state index is 0.119. The minimum Gasteiger partial charge on any atom is -0.391 e. The van der Waals surface area contributed by atoms with Crippen LogP contribution in [0.4, 0.5) is 5.69 Å². The molecule has 86 valence electrons. The molecule has 0 spiro atoms. The van der Waals surface area contributed by atoms with Crippen LogP contribution >= 0.6 is 0 Å². The van der Waals surface area contributed by atoms with E-state index in [0.717, 1.165) is 19.4 Å². The summed E-state index contributed by atoms with van der Waals surface area (Å²) >= 11 is 0. The van der Waals surface area contributed by atoms with E-state index in [-0.39, 0.29) is 6.10 Å². The Bertz CT molecular complexity index is 377. The van der Waals surface area contributed by atoms with E-state index in [9.17, 15) is 5.11 Å². The molecule has 1 saturated carbocycles. The fourth-order valence-electron chi connectivity index (χ4n) is 3.19. The number of rotatable bonds is 1. The van der Waals surface area contributed by atoms with Crippen molar-refractivity contribution in [3.8, 4) is 0 Å². The van der Waals surface area contributed by atoms with Crippen LogP contribution in [0.5, 0.6) is 0 Å². The number of anilines is 1. The highest BCUT2D eigenvalue weighted by Gasteiger charge is 2.32. The molecule has 2 nitrogen and oxygen atoms in total. The van der Waals surface area contributed by atoms with E-state index in [4.69, 9.17) is 0 Å². The second-order valence-electron chi connectivity index (χ2n) is 4.99. The molecule has 0 bridgehead atoms. The maximum atomic E-state index is 10.0.